The quantitative estimate of drug-likeness (QED) is 0.111. The summed E-state index contributed by atoms with van der Waals surface area (Å²) in [6.07, 6.45) is -4.99. The highest BCUT2D eigenvalue weighted by molar-refractivity contribution is 7.71. The number of H-pyrrole nitrogens is 1. The molecule has 0 saturated carbocycles. The van der Waals surface area contributed by atoms with E-state index < -0.39 is 60.7 Å². The highest BCUT2D eigenvalue weighted by Gasteiger charge is 2.50. The second-order valence-electron chi connectivity index (χ2n) is 8.88. The number of nitrogen functional groups attached to an aromatic ring is 1. The number of halogens is 1. The van der Waals surface area contributed by atoms with E-state index in [0.717, 1.165) is 0 Å². The third kappa shape index (κ3) is 8.48. The van der Waals surface area contributed by atoms with Crippen molar-refractivity contribution < 1.29 is 65.4 Å². The van der Waals surface area contributed by atoms with Crippen molar-refractivity contribution in [3.63, 3.8) is 0 Å². The van der Waals surface area contributed by atoms with Crippen molar-refractivity contribution in [3.8, 4) is 0 Å². The van der Waals surface area contributed by atoms with E-state index in [1.54, 1.807) is 25.1 Å². The summed E-state index contributed by atoms with van der Waals surface area (Å²) in [7, 11) is -15.7. The average molecular weight is 721 g/mol. The molecular formula is C19H24ClN6O14P3S. The number of amides is 1. The number of ether oxygens (including phenoxy) is 3. The van der Waals surface area contributed by atoms with Gasteiger partial charge in [-0.1, -0.05) is 23.8 Å². The normalized spacial score (nSPS) is 23.2. The fourth-order valence-corrected chi connectivity index (χ4v) is 7.61. The van der Waals surface area contributed by atoms with Gasteiger partial charge in [-0.2, -0.15) is 13.6 Å². The van der Waals surface area contributed by atoms with Gasteiger partial charge in [0.05, 0.1) is 12.9 Å². The minimum Gasteiger partial charge on any atom is -0.438 e. The lowest BCUT2D eigenvalue weighted by atomic mass is 10.1. The molecule has 1 aliphatic rings. The summed E-state index contributed by atoms with van der Waals surface area (Å²) in [6.45, 7) is 0.773. The molecule has 1 aliphatic heterocycles. The SMILES string of the molecule is COC1C(COP(=O)(O)OP(=O)(O)OP(=O)(O)O)OC(n2cnc3c(=S)[nH]c(N)nc32)C1OC(=O)Nc1ccc(Cl)cc1C. The van der Waals surface area contributed by atoms with Gasteiger partial charge in [-0.3, -0.25) is 14.4 Å². The minimum absolute atomic E-state index is 0.0804. The summed E-state index contributed by atoms with van der Waals surface area (Å²) in [6, 6.07) is 4.69. The fraction of sp³-hybridized carbons (Fsp3) is 0.368. The predicted molar refractivity (Wildman–Crippen MR) is 152 cm³/mol. The number of hydrogen-bond acceptors (Lipinski definition) is 14. The van der Waals surface area contributed by atoms with Gasteiger partial charge < -0.3 is 44.5 Å². The lowest BCUT2D eigenvalue weighted by molar-refractivity contribution is -0.0530. The number of aryl methyl sites for hydroxylation is 1. The van der Waals surface area contributed by atoms with Crippen molar-refractivity contribution in [1.29, 1.82) is 0 Å². The number of phosphoric ester groups is 1. The summed E-state index contributed by atoms with van der Waals surface area (Å²) in [5, 5.41) is 2.99. The highest BCUT2D eigenvalue weighted by Crippen LogP contribution is 2.66. The van der Waals surface area contributed by atoms with Crippen LogP contribution < -0.4 is 11.1 Å². The molecule has 25 heteroatoms. The van der Waals surface area contributed by atoms with Gasteiger partial charge in [0.15, 0.2) is 18.0 Å². The monoisotopic (exact) mass is 720 g/mol. The van der Waals surface area contributed by atoms with Gasteiger partial charge in [-0.05, 0) is 30.7 Å². The summed E-state index contributed by atoms with van der Waals surface area (Å²) >= 11 is 11.2. The van der Waals surface area contributed by atoms with E-state index in [1.165, 1.54) is 18.0 Å². The Labute approximate surface area is 256 Å². The molecule has 0 spiro atoms. The van der Waals surface area contributed by atoms with Gasteiger partial charge in [-0.25, -0.2) is 23.5 Å². The lowest BCUT2D eigenvalue weighted by Gasteiger charge is -2.24. The van der Waals surface area contributed by atoms with Crippen molar-refractivity contribution in [2.24, 2.45) is 0 Å². The molecular weight excluding hydrogens is 697 g/mol. The number of fused-ring (bicyclic) bond motifs is 1. The number of carbonyl (C=O) groups is 1. The Balaban J connectivity index is 1.62. The number of aromatic amines is 1. The maximum Gasteiger partial charge on any atom is 0.490 e. The van der Waals surface area contributed by atoms with Crippen molar-refractivity contribution in [2.45, 2.75) is 31.5 Å². The van der Waals surface area contributed by atoms with Gasteiger partial charge in [0, 0.05) is 17.8 Å². The van der Waals surface area contributed by atoms with E-state index >= 15 is 0 Å². The van der Waals surface area contributed by atoms with E-state index in [4.69, 9.17) is 58.1 Å². The molecule has 0 bridgehead atoms. The van der Waals surface area contributed by atoms with Crippen LogP contribution in [-0.4, -0.2) is 77.2 Å². The smallest absolute Gasteiger partial charge is 0.438 e. The molecule has 2 aromatic heterocycles. The number of nitrogens with zero attached hydrogens (tertiary/aromatic N) is 3. The Morgan fingerprint density at radius 3 is 2.55 bits per heavy atom. The molecule has 1 fully saturated rings. The summed E-state index contributed by atoms with van der Waals surface area (Å²) in [5.74, 6) is -0.0804. The molecule has 6 unspecified atom stereocenters. The zero-order valence-corrected chi connectivity index (χ0v) is 26.5. The molecule has 1 amide bonds. The van der Waals surface area contributed by atoms with Crippen molar-refractivity contribution >= 4 is 76.2 Å². The molecule has 1 saturated heterocycles. The van der Waals surface area contributed by atoms with Crippen LogP contribution in [-0.2, 0) is 41.1 Å². The summed E-state index contributed by atoms with van der Waals surface area (Å²) in [5.41, 5.74) is 7.07. The lowest BCUT2D eigenvalue weighted by Crippen LogP contribution is -2.39. The average Bonchev–Trinajstić information content (AvgIpc) is 3.43. The maximum absolute atomic E-state index is 13.0. The number of imidazole rings is 1. The number of hydrogen-bond donors (Lipinski definition) is 7. The molecule has 4 rings (SSSR count). The van der Waals surface area contributed by atoms with Crippen molar-refractivity contribution in [1.82, 2.24) is 19.5 Å². The first-order valence-electron chi connectivity index (χ1n) is 11.8. The van der Waals surface area contributed by atoms with Crippen LogP contribution in [0.25, 0.3) is 11.2 Å². The molecule has 20 nitrogen and oxygen atoms in total. The highest BCUT2D eigenvalue weighted by atomic mass is 35.5. The zero-order valence-electron chi connectivity index (χ0n) is 22.2. The summed E-state index contributed by atoms with van der Waals surface area (Å²) < 4.78 is 65.6. The molecule has 8 N–H and O–H groups in total. The number of benzene rings is 1. The second kappa shape index (κ2) is 13.2. The molecule has 0 aliphatic carbocycles. The van der Waals surface area contributed by atoms with Crippen LogP contribution in [0.3, 0.4) is 0 Å². The Morgan fingerprint density at radius 1 is 1.20 bits per heavy atom. The first-order valence-corrected chi connectivity index (χ1v) is 17.1. The van der Waals surface area contributed by atoms with Gasteiger partial charge in [0.2, 0.25) is 5.95 Å². The van der Waals surface area contributed by atoms with Gasteiger partial charge >= 0.3 is 29.6 Å². The number of nitrogens with one attached hydrogen (secondary N) is 2. The van der Waals surface area contributed by atoms with Gasteiger partial charge in [0.25, 0.3) is 0 Å². The standard InChI is InChI=1S/C19H24ClN6O14P3S/c1-8-5-9(20)3-4-10(8)23-19(27)38-14-13(35-2)11(6-36-42(31,32)40-43(33,34)39-41(28,29)30)37-17(14)26-7-22-12-15(26)24-18(21)25-16(12)44/h3-5,7,11,13-14,17H,6H2,1-2H3,(H,23,27)(H,31,32)(H,33,34)(H2,28,29,30)(H3,21,24,25,44). The fourth-order valence-electron chi connectivity index (χ4n) is 4.11. The van der Waals surface area contributed by atoms with Crippen LogP contribution in [0.1, 0.15) is 11.8 Å². The number of anilines is 2. The molecule has 242 valence electrons. The second-order valence-corrected chi connectivity index (χ2v) is 14.1. The molecule has 3 heterocycles. The number of phosphoric acid groups is 3. The van der Waals surface area contributed by atoms with E-state index in [1.807, 2.05) is 0 Å². The van der Waals surface area contributed by atoms with E-state index in [-0.39, 0.29) is 21.8 Å². The Hall–Kier alpha value is -2.32. The van der Waals surface area contributed by atoms with Gasteiger partial charge in [-0.15, -0.1) is 0 Å². The first kappa shape index (κ1) is 34.6. The molecule has 3 aromatic rings. The number of nitrogens with two attached hydrogens (primary N) is 1. The maximum atomic E-state index is 13.0. The van der Waals surface area contributed by atoms with E-state index in [2.05, 4.69) is 28.9 Å². The largest absolute Gasteiger partial charge is 0.490 e. The van der Waals surface area contributed by atoms with Crippen molar-refractivity contribution in [3.05, 3.63) is 39.8 Å². The van der Waals surface area contributed by atoms with Crippen LogP contribution in [0.5, 0.6) is 0 Å². The topological polar surface area (TPSA) is 289 Å². The van der Waals surface area contributed by atoms with Gasteiger partial charge in [0.1, 0.15) is 22.4 Å². The molecule has 0 radical (unpaired) electrons. The van der Waals surface area contributed by atoms with Crippen LogP contribution in [0.15, 0.2) is 24.5 Å². The van der Waals surface area contributed by atoms with E-state index in [0.29, 0.717) is 16.3 Å². The number of methoxy groups -OCH3 is 1. The molecule has 44 heavy (non-hydrogen) atoms. The Morgan fingerprint density at radius 2 is 1.91 bits per heavy atom. The Bertz CT molecular complexity index is 1770. The third-order valence-electron chi connectivity index (χ3n) is 5.77. The van der Waals surface area contributed by atoms with Crippen LogP contribution >= 0.6 is 47.3 Å². The third-order valence-corrected chi connectivity index (χ3v) is 10.1. The predicted octanol–water partition coefficient (Wildman–Crippen LogP) is 2.91. The minimum atomic E-state index is -5.78. The molecule has 6 atom stereocenters. The first-order chi connectivity index (χ1) is 20.4. The van der Waals surface area contributed by atoms with Crippen molar-refractivity contribution in [2.75, 3.05) is 24.8 Å². The van der Waals surface area contributed by atoms with Crippen LogP contribution in [0.2, 0.25) is 5.02 Å². The Kier molecular flexibility index (Phi) is 10.4. The van der Waals surface area contributed by atoms with Crippen LogP contribution in [0, 0.1) is 11.6 Å². The molecule has 1 aromatic carbocycles. The zero-order chi connectivity index (χ0) is 32.6. The van der Waals surface area contributed by atoms with Crippen LogP contribution in [0.4, 0.5) is 16.4 Å². The number of carbonyl (C=O) groups excluding carboxylic acids is 1. The number of rotatable bonds is 11. The number of aromatic nitrogens is 4. The summed E-state index contributed by atoms with van der Waals surface area (Å²) in [4.78, 5) is 60.8. The van der Waals surface area contributed by atoms with E-state index in [9.17, 15) is 28.3 Å².